The van der Waals surface area contributed by atoms with Crippen LogP contribution in [0, 0.1) is 46.3 Å². The zero-order valence-electron chi connectivity index (χ0n) is 20.3. The molecular formula is C28H48O2. The lowest BCUT2D eigenvalue weighted by Gasteiger charge is -2.62. The van der Waals surface area contributed by atoms with Crippen LogP contribution < -0.4 is 0 Å². The number of hydrogen-bond donors (Lipinski definition) is 2. The molecule has 0 spiro atoms. The van der Waals surface area contributed by atoms with Gasteiger partial charge in [0, 0.05) is 0 Å². The van der Waals surface area contributed by atoms with E-state index in [1.54, 1.807) is 0 Å². The van der Waals surface area contributed by atoms with E-state index in [1.165, 1.54) is 70.6 Å². The van der Waals surface area contributed by atoms with E-state index in [4.69, 9.17) is 0 Å². The van der Waals surface area contributed by atoms with Crippen LogP contribution in [0.2, 0.25) is 0 Å². The fourth-order valence-electron chi connectivity index (χ4n) is 9.63. The molecule has 0 heterocycles. The van der Waals surface area contributed by atoms with Crippen molar-refractivity contribution in [3.63, 3.8) is 0 Å². The molecule has 5 fully saturated rings. The van der Waals surface area contributed by atoms with Gasteiger partial charge in [-0.05, 0) is 144 Å². The van der Waals surface area contributed by atoms with Gasteiger partial charge in [0.2, 0.25) is 0 Å². The van der Waals surface area contributed by atoms with Crippen LogP contribution in [0.25, 0.3) is 0 Å². The largest absolute Gasteiger partial charge is 0.390 e. The highest BCUT2D eigenvalue weighted by Gasteiger charge is 2.60. The molecule has 2 N–H and O–H groups in total. The van der Waals surface area contributed by atoms with E-state index in [0.717, 1.165) is 48.9 Å². The van der Waals surface area contributed by atoms with Gasteiger partial charge in [-0.1, -0.05) is 20.3 Å². The van der Waals surface area contributed by atoms with Crippen molar-refractivity contribution in [3.05, 3.63) is 0 Å². The molecule has 0 aromatic rings. The van der Waals surface area contributed by atoms with Crippen LogP contribution >= 0.6 is 0 Å². The second-order valence-electron chi connectivity index (χ2n) is 13.7. The van der Waals surface area contributed by atoms with Crippen LogP contribution in [0.4, 0.5) is 0 Å². The second-order valence-corrected chi connectivity index (χ2v) is 13.7. The third kappa shape index (κ3) is 3.51. The van der Waals surface area contributed by atoms with Gasteiger partial charge in [-0.3, -0.25) is 0 Å². The zero-order chi connectivity index (χ0) is 21.4. The Balaban J connectivity index is 1.25. The molecule has 2 heteroatoms. The normalized spacial score (nSPS) is 52.8. The first-order chi connectivity index (χ1) is 14.1. The van der Waals surface area contributed by atoms with E-state index in [1.807, 2.05) is 0 Å². The van der Waals surface area contributed by atoms with E-state index in [9.17, 15) is 10.2 Å². The summed E-state index contributed by atoms with van der Waals surface area (Å²) in [7, 11) is 0. The first kappa shape index (κ1) is 21.7. The molecule has 172 valence electrons. The van der Waals surface area contributed by atoms with Crippen LogP contribution in [0.5, 0.6) is 0 Å². The summed E-state index contributed by atoms with van der Waals surface area (Å²) in [5.74, 6) is 5.00. The number of rotatable bonds is 5. The molecule has 0 unspecified atom stereocenters. The molecule has 0 amide bonds. The van der Waals surface area contributed by atoms with Crippen molar-refractivity contribution in [2.24, 2.45) is 46.3 Å². The predicted octanol–water partition coefficient (Wildman–Crippen LogP) is 6.73. The highest BCUT2D eigenvalue weighted by molar-refractivity contribution is 5.10. The Kier molecular flexibility index (Phi) is 5.23. The lowest BCUT2D eigenvalue weighted by atomic mass is 9.44. The molecule has 0 aliphatic heterocycles. The summed E-state index contributed by atoms with van der Waals surface area (Å²) in [6.07, 6.45) is 17.9. The Labute approximate surface area is 185 Å². The van der Waals surface area contributed by atoms with Crippen molar-refractivity contribution in [1.29, 1.82) is 0 Å². The van der Waals surface area contributed by atoms with Crippen LogP contribution in [0.15, 0.2) is 0 Å². The van der Waals surface area contributed by atoms with Crippen molar-refractivity contribution in [1.82, 2.24) is 0 Å². The molecule has 5 aliphatic carbocycles. The topological polar surface area (TPSA) is 40.5 Å². The molecule has 5 aliphatic rings. The van der Waals surface area contributed by atoms with Gasteiger partial charge in [-0.25, -0.2) is 0 Å². The minimum absolute atomic E-state index is 0.397. The van der Waals surface area contributed by atoms with Crippen LogP contribution in [0.3, 0.4) is 0 Å². The Morgan fingerprint density at radius 1 is 0.833 bits per heavy atom. The maximum atomic E-state index is 10.7. The summed E-state index contributed by atoms with van der Waals surface area (Å²) in [5, 5.41) is 21.4. The third-order valence-electron chi connectivity index (χ3n) is 11.8. The van der Waals surface area contributed by atoms with Crippen LogP contribution in [0.1, 0.15) is 118 Å². The average Bonchev–Trinajstić information content (AvgIpc) is 3.47. The Morgan fingerprint density at radius 3 is 2.30 bits per heavy atom. The van der Waals surface area contributed by atoms with Gasteiger partial charge in [-0.2, -0.15) is 0 Å². The zero-order valence-corrected chi connectivity index (χ0v) is 20.3. The summed E-state index contributed by atoms with van der Waals surface area (Å²) < 4.78 is 0. The van der Waals surface area contributed by atoms with Gasteiger partial charge in [-0.15, -0.1) is 0 Å². The summed E-state index contributed by atoms with van der Waals surface area (Å²) in [4.78, 5) is 0. The van der Waals surface area contributed by atoms with Crippen molar-refractivity contribution in [2.75, 3.05) is 0 Å². The molecule has 9 atom stereocenters. The highest BCUT2D eigenvalue weighted by atomic mass is 16.3. The maximum absolute atomic E-state index is 10.7. The highest BCUT2D eigenvalue weighted by Crippen LogP contribution is 2.68. The van der Waals surface area contributed by atoms with Crippen LogP contribution in [-0.2, 0) is 0 Å². The van der Waals surface area contributed by atoms with E-state index < -0.39 is 11.2 Å². The van der Waals surface area contributed by atoms with E-state index in [2.05, 4.69) is 27.7 Å². The number of hydrogen-bond acceptors (Lipinski definition) is 2. The van der Waals surface area contributed by atoms with Gasteiger partial charge in [0.25, 0.3) is 0 Å². The molecule has 2 nitrogen and oxygen atoms in total. The average molecular weight is 417 g/mol. The van der Waals surface area contributed by atoms with Crippen LogP contribution in [-0.4, -0.2) is 21.4 Å². The van der Waals surface area contributed by atoms with Gasteiger partial charge < -0.3 is 10.2 Å². The molecule has 30 heavy (non-hydrogen) atoms. The Morgan fingerprint density at radius 2 is 1.57 bits per heavy atom. The molecule has 5 rings (SSSR count). The summed E-state index contributed by atoms with van der Waals surface area (Å²) in [5.41, 5.74) is 0.218. The lowest BCUT2D eigenvalue weighted by molar-refractivity contribution is -0.146. The van der Waals surface area contributed by atoms with Crippen molar-refractivity contribution in [2.45, 2.75) is 129 Å². The fraction of sp³-hybridized carbons (Fsp3) is 1.00. The second kappa shape index (κ2) is 7.21. The van der Waals surface area contributed by atoms with E-state index in [0.29, 0.717) is 16.7 Å². The minimum Gasteiger partial charge on any atom is -0.390 e. The van der Waals surface area contributed by atoms with E-state index >= 15 is 0 Å². The SMILES string of the molecule is C[C@]1(O)CC[C@@]2(C)[C@@H](CC[C@@H]3[C@@H]2CC[C@]2(C)[C@@H](CCC[C@](C)(O)C4CC4)CC[C@@H]32)C1. The Hall–Kier alpha value is -0.0800. The molecule has 0 aromatic carbocycles. The maximum Gasteiger partial charge on any atom is 0.0647 e. The smallest absolute Gasteiger partial charge is 0.0647 e. The monoisotopic (exact) mass is 416 g/mol. The third-order valence-corrected chi connectivity index (χ3v) is 11.8. The predicted molar refractivity (Wildman–Crippen MR) is 123 cm³/mol. The van der Waals surface area contributed by atoms with Gasteiger partial charge in [0.05, 0.1) is 11.2 Å². The lowest BCUT2D eigenvalue weighted by Crippen LogP contribution is -2.55. The van der Waals surface area contributed by atoms with Crippen molar-refractivity contribution in [3.8, 4) is 0 Å². The molecule has 0 bridgehead atoms. The van der Waals surface area contributed by atoms with E-state index in [-0.39, 0.29) is 0 Å². The number of aliphatic hydroxyl groups is 2. The summed E-state index contributed by atoms with van der Waals surface area (Å²) in [6, 6.07) is 0. The van der Waals surface area contributed by atoms with Gasteiger partial charge >= 0.3 is 0 Å². The number of fused-ring (bicyclic) bond motifs is 5. The molecule has 0 saturated heterocycles. The minimum atomic E-state index is -0.416. The molecule has 0 aromatic heterocycles. The first-order valence-corrected chi connectivity index (χ1v) is 13.5. The standard InChI is InChI=1S/C28H48O2/c1-25(29)16-17-27(3)21(18-25)9-11-22-23-12-10-19(26(23,2)15-13-24(22)27)6-5-14-28(4,30)20-7-8-20/h19-24,29-30H,5-18H2,1-4H3/t19-,21-,22-,23-,24-,25-,26+,27-,28-/m0/s1. The van der Waals surface area contributed by atoms with Gasteiger partial charge in [0.1, 0.15) is 0 Å². The van der Waals surface area contributed by atoms with Gasteiger partial charge in [0.15, 0.2) is 0 Å². The summed E-state index contributed by atoms with van der Waals surface area (Å²) >= 11 is 0. The molecular weight excluding hydrogens is 368 g/mol. The van der Waals surface area contributed by atoms with Crippen molar-refractivity contribution >= 4 is 0 Å². The summed E-state index contributed by atoms with van der Waals surface area (Å²) in [6.45, 7) is 9.44. The van der Waals surface area contributed by atoms with Crippen molar-refractivity contribution < 1.29 is 10.2 Å². The molecule has 0 radical (unpaired) electrons. The first-order valence-electron chi connectivity index (χ1n) is 13.5. The fourth-order valence-corrected chi connectivity index (χ4v) is 9.63. The Bertz CT molecular complexity index is 649. The quantitative estimate of drug-likeness (QED) is 0.522. The molecule has 5 saturated carbocycles.